The number of oxime groups is 1. The SMILES string of the molecule is C/C(=N\OCc1ccc(C)cc1)c1ccc(OCc2nnn(CC#N)n2)nc1. The Kier molecular flexibility index (Phi) is 6.25. The van der Waals surface area contributed by atoms with Gasteiger partial charge in [-0.2, -0.15) is 5.26 Å². The molecule has 0 atom stereocenters. The second kappa shape index (κ2) is 9.23. The van der Waals surface area contributed by atoms with E-state index in [9.17, 15) is 0 Å². The van der Waals surface area contributed by atoms with Gasteiger partial charge in [0, 0.05) is 17.8 Å². The van der Waals surface area contributed by atoms with E-state index in [4.69, 9.17) is 14.8 Å². The van der Waals surface area contributed by atoms with Gasteiger partial charge in [0.1, 0.15) is 13.2 Å². The zero-order chi connectivity index (χ0) is 19.8. The highest BCUT2D eigenvalue weighted by atomic mass is 16.6. The van der Waals surface area contributed by atoms with Gasteiger partial charge in [0.05, 0.1) is 11.8 Å². The van der Waals surface area contributed by atoms with Crippen LogP contribution in [-0.4, -0.2) is 30.9 Å². The number of aryl methyl sites for hydroxylation is 1. The molecule has 3 rings (SSSR count). The summed E-state index contributed by atoms with van der Waals surface area (Å²) in [5.41, 5.74) is 3.81. The minimum absolute atomic E-state index is 0.0462. The van der Waals surface area contributed by atoms with Crippen LogP contribution in [0.15, 0.2) is 47.8 Å². The van der Waals surface area contributed by atoms with Crippen molar-refractivity contribution >= 4 is 5.71 Å². The third kappa shape index (κ3) is 5.35. The van der Waals surface area contributed by atoms with E-state index in [1.807, 2.05) is 50.2 Å². The first-order chi connectivity index (χ1) is 13.6. The van der Waals surface area contributed by atoms with Crippen LogP contribution in [0, 0.1) is 18.3 Å². The zero-order valence-electron chi connectivity index (χ0n) is 15.6. The Bertz CT molecular complexity index is 973. The van der Waals surface area contributed by atoms with Crippen molar-refractivity contribution in [1.29, 1.82) is 5.26 Å². The van der Waals surface area contributed by atoms with Gasteiger partial charge in [0.2, 0.25) is 11.7 Å². The van der Waals surface area contributed by atoms with Crippen molar-refractivity contribution in [3.05, 3.63) is 65.1 Å². The van der Waals surface area contributed by atoms with Crippen molar-refractivity contribution in [1.82, 2.24) is 25.2 Å². The highest BCUT2D eigenvalue weighted by molar-refractivity contribution is 5.98. The van der Waals surface area contributed by atoms with Crippen LogP contribution < -0.4 is 4.74 Å². The Hall–Kier alpha value is -3.80. The molecule has 0 radical (unpaired) electrons. The molecular weight excluding hydrogens is 358 g/mol. The second-order valence-electron chi connectivity index (χ2n) is 6.00. The summed E-state index contributed by atoms with van der Waals surface area (Å²) in [4.78, 5) is 10.9. The summed E-state index contributed by atoms with van der Waals surface area (Å²) in [5.74, 6) is 0.803. The fourth-order valence-electron chi connectivity index (χ4n) is 2.22. The molecular formula is C19H19N7O2. The Balaban J connectivity index is 1.50. The number of tetrazole rings is 1. The summed E-state index contributed by atoms with van der Waals surface area (Å²) >= 11 is 0. The molecule has 0 fully saturated rings. The van der Waals surface area contributed by atoms with Crippen molar-refractivity contribution in [2.45, 2.75) is 33.6 Å². The molecule has 0 aliphatic rings. The molecule has 0 saturated heterocycles. The van der Waals surface area contributed by atoms with Crippen LogP contribution in [0.4, 0.5) is 0 Å². The number of ether oxygens (including phenoxy) is 1. The number of rotatable bonds is 8. The first-order valence-electron chi connectivity index (χ1n) is 8.59. The molecule has 28 heavy (non-hydrogen) atoms. The Morgan fingerprint density at radius 1 is 1.18 bits per heavy atom. The first-order valence-corrected chi connectivity index (χ1v) is 8.59. The molecule has 142 valence electrons. The lowest BCUT2D eigenvalue weighted by molar-refractivity contribution is 0.130. The van der Waals surface area contributed by atoms with Gasteiger partial charge in [-0.3, -0.25) is 0 Å². The Morgan fingerprint density at radius 2 is 2.00 bits per heavy atom. The van der Waals surface area contributed by atoms with Crippen LogP contribution >= 0.6 is 0 Å². The van der Waals surface area contributed by atoms with Crippen LogP contribution in [0.2, 0.25) is 0 Å². The Morgan fingerprint density at radius 3 is 2.71 bits per heavy atom. The quantitative estimate of drug-likeness (QED) is 0.438. The monoisotopic (exact) mass is 377 g/mol. The average molecular weight is 377 g/mol. The lowest BCUT2D eigenvalue weighted by Gasteiger charge is -2.05. The van der Waals surface area contributed by atoms with Crippen LogP contribution in [-0.2, 0) is 24.6 Å². The summed E-state index contributed by atoms with van der Waals surface area (Å²) in [6.45, 7) is 4.47. The van der Waals surface area contributed by atoms with E-state index in [0.29, 0.717) is 24.0 Å². The van der Waals surface area contributed by atoms with Gasteiger partial charge in [-0.25, -0.2) is 4.98 Å². The number of nitriles is 1. The number of benzene rings is 1. The molecule has 0 unspecified atom stereocenters. The van der Waals surface area contributed by atoms with E-state index in [2.05, 4.69) is 25.6 Å². The predicted octanol–water partition coefficient (Wildman–Crippen LogP) is 2.42. The first kappa shape index (κ1) is 19.0. The molecule has 0 aliphatic heterocycles. The summed E-state index contributed by atoms with van der Waals surface area (Å²) in [7, 11) is 0. The van der Waals surface area contributed by atoms with E-state index in [1.54, 1.807) is 12.3 Å². The summed E-state index contributed by atoms with van der Waals surface area (Å²) in [6.07, 6.45) is 1.66. The molecule has 1 aromatic carbocycles. The van der Waals surface area contributed by atoms with Gasteiger partial charge in [0.15, 0.2) is 6.61 Å². The summed E-state index contributed by atoms with van der Waals surface area (Å²) in [5, 5.41) is 24.3. The molecule has 3 aromatic rings. The van der Waals surface area contributed by atoms with E-state index in [1.165, 1.54) is 10.4 Å². The molecule has 0 spiro atoms. The van der Waals surface area contributed by atoms with Gasteiger partial charge in [-0.05, 0) is 30.7 Å². The highest BCUT2D eigenvalue weighted by Crippen LogP contribution is 2.11. The third-order valence-corrected chi connectivity index (χ3v) is 3.76. The van der Waals surface area contributed by atoms with Crippen LogP contribution in [0.1, 0.15) is 29.4 Å². The lowest BCUT2D eigenvalue weighted by atomic mass is 10.2. The normalized spacial score (nSPS) is 11.1. The van der Waals surface area contributed by atoms with Crippen LogP contribution in [0.25, 0.3) is 0 Å². The van der Waals surface area contributed by atoms with E-state index >= 15 is 0 Å². The highest BCUT2D eigenvalue weighted by Gasteiger charge is 2.05. The largest absolute Gasteiger partial charge is 0.469 e. The lowest BCUT2D eigenvalue weighted by Crippen LogP contribution is -2.03. The zero-order valence-corrected chi connectivity index (χ0v) is 15.6. The van der Waals surface area contributed by atoms with E-state index < -0.39 is 0 Å². The van der Waals surface area contributed by atoms with Gasteiger partial charge in [-0.15, -0.1) is 15.0 Å². The number of aromatic nitrogens is 5. The molecule has 9 heteroatoms. The molecule has 0 bridgehead atoms. The maximum absolute atomic E-state index is 8.59. The average Bonchev–Trinajstić information content (AvgIpc) is 3.16. The molecule has 9 nitrogen and oxygen atoms in total. The smallest absolute Gasteiger partial charge is 0.213 e. The van der Waals surface area contributed by atoms with Crippen molar-refractivity contribution in [2.75, 3.05) is 0 Å². The molecule has 0 saturated carbocycles. The topological polar surface area (TPSA) is 111 Å². The van der Waals surface area contributed by atoms with Gasteiger partial charge < -0.3 is 9.57 Å². The van der Waals surface area contributed by atoms with Gasteiger partial charge in [0.25, 0.3) is 0 Å². The standard InChI is InChI=1S/C19H19N7O2/c1-14-3-5-16(6-4-14)12-28-24-15(2)17-7-8-19(21-11-17)27-13-18-22-25-26(23-18)10-9-20/h3-8,11H,10,12-13H2,1-2H3/b24-15+. The number of hydrogen-bond acceptors (Lipinski definition) is 8. The van der Waals surface area contributed by atoms with Gasteiger partial charge >= 0.3 is 0 Å². The maximum atomic E-state index is 8.59. The van der Waals surface area contributed by atoms with Crippen LogP contribution in [0.3, 0.4) is 0 Å². The third-order valence-electron chi connectivity index (χ3n) is 3.76. The number of hydrogen-bond donors (Lipinski definition) is 0. The van der Waals surface area contributed by atoms with Crippen LogP contribution in [0.5, 0.6) is 5.88 Å². The van der Waals surface area contributed by atoms with Gasteiger partial charge in [-0.1, -0.05) is 35.0 Å². The maximum Gasteiger partial charge on any atom is 0.213 e. The minimum atomic E-state index is 0.0462. The second-order valence-corrected chi connectivity index (χ2v) is 6.00. The van der Waals surface area contributed by atoms with Crippen molar-refractivity contribution in [3.8, 4) is 11.9 Å². The molecule has 0 aliphatic carbocycles. The van der Waals surface area contributed by atoms with E-state index in [-0.39, 0.29) is 13.2 Å². The van der Waals surface area contributed by atoms with Crippen molar-refractivity contribution < 1.29 is 9.57 Å². The fraction of sp³-hybridized carbons (Fsp3) is 0.263. The molecule has 2 heterocycles. The minimum Gasteiger partial charge on any atom is -0.469 e. The van der Waals surface area contributed by atoms with Crippen molar-refractivity contribution in [3.63, 3.8) is 0 Å². The number of nitrogens with zero attached hydrogens (tertiary/aromatic N) is 7. The Labute approximate surface area is 162 Å². The fourth-order valence-corrected chi connectivity index (χ4v) is 2.22. The van der Waals surface area contributed by atoms with Crippen molar-refractivity contribution in [2.24, 2.45) is 5.16 Å². The predicted molar refractivity (Wildman–Crippen MR) is 100 cm³/mol. The van der Waals surface area contributed by atoms with E-state index in [0.717, 1.165) is 11.1 Å². The molecule has 0 N–H and O–H groups in total. The summed E-state index contributed by atoms with van der Waals surface area (Å²) < 4.78 is 5.52. The molecule has 2 aromatic heterocycles. The summed E-state index contributed by atoms with van der Waals surface area (Å²) in [6, 6.07) is 13.6. The number of pyridine rings is 1. The molecule has 0 amide bonds.